The van der Waals surface area contributed by atoms with E-state index in [4.69, 9.17) is 4.99 Å². The molecule has 0 aliphatic carbocycles. The highest BCUT2D eigenvalue weighted by Crippen LogP contribution is 2.24. The lowest BCUT2D eigenvalue weighted by atomic mass is 9.84. The molecule has 0 spiro atoms. The summed E-state index contributed by atoms with van der Waals surface area (Å²) in [7, 11) is 3.54. The van der Waals surface area contributed by atoms with Gasteiger partial charge in [-0.15, -0.1) is 0 Å². The van der Waals surface area contributed by atoms with Crippen molar-refractivity contribution in [3.63, 3.8) is 0 Å². The summed E-state index contributed by atoms with van der Waals surface area (Å²) < 4.78 is 0. The molecule has 5 nitrogen and oxygen atoms in total. The second-order valence-electron chi connectivity index (χ2n) is 7.09. The molecule has 0 saturated heterocycles. The van der Waals surface area contributed by atoms with Crippen LogP contribution in [0.15, 0.2) is 29.3 Å². The van der Waals surface area contributed by atoms with Crippen LogP contribution < -0.4 is 10.6 Å². The number of nitrogens with one attached hydrogen (secondary N) is 2. The molecule has 0 heterocycles. The van der Waals surface area contributed by atoms with Crippen LogP contribution in [0.25, 0.3) is 0 Å². The predicted molar refractivity (Wildman–Crippen MR) is 106 cm³/mol. The number of carbonyl (C=O) groups is 1. The molecule has 0 atom stereocenters. The van der Waals surface area contributed by atoms with Crippen molar-refractivity contribution in [3.8, 4) is 0 Å². The molecular weight excluding hydrogens is 312 g/mol. The topological polar surface area (TPSA) is 56.7 Å². The summed E-state index contributed by atoms with van der Waals surface area (Å²) in [5, 5.41) is 6.48. The molecule has 0 bridgehead atoms. The van der Waals surface area contributed by atoms with Gasteiger partial charge in [0, 0.05) is 39.0 Å². The fourth-order valence-corrected chi connectivity index (χ4v) is 2.41. The van der Waals surface area contributed by atoms with Gasteiger partial charge in [-0.2, -0.15) is 0 Å². The smallest absolute Gasteiger partial charge is 0.223 e. The lowest BCUT2D eigenvalue weighted by molar-refractivity contribution is -0.128. The minimum absolute atomic E-state index is 0.0475. The van der Waals surface area contributed by atoms with Gasteiger partial charge >= 0.3 is 0 Å². The van der Waals surface area contributed by atoms with E-state index in [1.54, 1.807) is 19.0 Å². The number of guanidine groups is 1. The first-order chi connectivity index (χ1) is 11.8. The number of carbonyl (C=O) groups excluding carboxylic acids is 1. The fourth-order valence-electron chi connectivity index (χ4n) is 2.41. The summed E-state index contributed by atoms with van der Waals surface area (Å²) in [4.78, 5) is 18.0. The van der Waals surface area contributed by atoms with E-state index in [2.05, 4.69) is 55.7 Å². The average molecular weight is 347 g/mol. The van der Waals surface area contributed by atoms with E-state index in [0.29, 0.717) is 19.5 Å². The highest BCUT2D eigenvalue weighted by molar-refractivity contribution is 5.81. The number of hydrogen-bond acceptors (Lipinski definition) is 2. The molecule has 5 heteroatoms. The Balaban J connectivity index is 2.68. The number of nitrogens with zero attached hydrogens (tertiary/aromatic N) is 2. The summed E-state index contributed by atoms with van der Waals surface area (Å²) in [5.74, 6) is 0.868. The highest BCUT2D eigenvalue weighted by Gasteiger charge is 2.20. The lowest BCUT2D eigenvalue weighted by Gasteiger charge is -2.24. The number of benzene rings is 1. The van der Waals surface area contributed by atoms with E-state index in [9.17, 15) is 4.79 Å². The Hall–Kier alpha value is -2.04. The molecule has 0 saturated carbocycles. The maximum Gasteiger partial charge on any atom is 0.223 e. The molecule has 1 aromatic rings. The zero-order chi connectivity index (χ0) is 18.9. The largest absolute Gasteiger partial charge is 0.357 e. The van der Waals surface area contributed by atoms with Crippen molar-refractivity contribution in [2.45, 2.75) is 46.0 Å². The van der Waals surface area contributed by atoms with Crippen LogP contribution >= 0.6 is 0 Å². The van der Waals surface area contributed by atoms with Crippen LogP contribution in [-0.4, -0.2) is 50.5 Å². The van der Waals surface area contributed by atoms with E-state index in [-0.39, 0.29) is 11.3 Å². The van der Waals surface area contributed by atoms with Crippen LogP contribution in [0.3, 0.4) is 0 Å². The van der Waals surface area contributed by atoms with Crippen LogP contribution in [0.4, 0.5) is 0 Å². The number of hydrogen-bond donors (Lipinski definition) is 2. The standard InChI is InChI=1S/C20H34N4O/c1-7-16-9-11-17(12-10-16)20(3,4)15-23-19(21-8-2)22-14-13-18(25)24(5)6/h9-12H,7-8,13-15H2,1-6H3,(H2,21,22,23). The molecule has 1 amide bonds. The van der Waals surface area contributed by atoms with Gasteiger partial charge in [0.15, 0.2) is 5.96 Å². The van der Waals surface area contributed by atoms with Crippen LogP contribution in [-0.2, 0) is 16.6 Å². The molecule has 25 heavy (non-hydrogen) atoms. The molecule has 0 fully saturated rings. The molecule has 0 radical (unpaired) electrons. The number of rotatable bonds is 8. The zero-order valence-corrected chi connectivity index (χ0v) is 16.6. The SMILES string of the molecule is CCNC(=NCC(C)(C)c1ccc(CC)cc1)NCCC(=O)N(C)C. The molecule has 0 aromatic heterocycles. The first kappa shape index (κ1) is 21.0. The number of aryl methyl sites for hydroxylation is 1. The Morgan fingerprint density at radius 3 is 2.28 bits per heavy atom. The lowest BCUT2D eigenvalue weighted by Crippen LogP contribution is -2.40. The molecular formula is C20H34N4O. The molecule has 1 rings (SSSR count). The van der Waals surface area contributed by atoms with Gasteiger partial charge in [0.05, 0.1) is 6.54 Å². The second kappa shape index (κ2) is 10.1. The first-order valence-electron chi connectivity index (χ1n) is 9.12. The average Bonchev–Trinajstić information content (AvgIpc) is 2.59. The molecule has 2 N–H and O–H groups in total. The van der Waals surface area contributed by atoms with Gasteiger partial charge in [-0.25, -0.2) is 0 Å². The van der Waals surface area contributed by atoms with Gasteiger partial charge in [0.1, 0.15) is 0 Å². The van der Waals surface area contributed by atoms with Gasteiger partial charge in [-0.3, -0.25) is 9.79 Å². The van der Waals surface area contributed by atoms with Crippen LogP contribution in [0.5, 0.6) is 0 Å². The molecule has 140 valence electrons. The second-order valence-corrected chi connectivity index (χ2v) is 7.09. The number of amides is 1. The summed E-state index contributed by atoms with van der Waals surface area (Å²) in [6, 6.07) is 8.78. The van der Waals surface area contributed by atoms with Crippen molar-refractivity contribution >= 4 is 11.9 Å². The van der Waals surface area contributed by atoms with Crippen molar-refractivity contribution in [3.05, 3.63) is 35.4 Å². The quantitative estimate of drug-likeness (QED) is 0.562. The van der Waals surface area contributed by atoms with E-state index in [1.165, 1.54) is 11.1 Å². The maximum absolute atomic E-state index is 11.7. The zero-order valence-electron chi connectivity index (χ0n) is 16.6. The molecule has 1 aromatic carbocycles. The van der Waals surface area contributed by atoms with Crippen LogP contribution in [0.2, 0.25) is 0 Å². The summed E-state index contributed by atoms with van der Waals surface area (Å²) in [6.45, 7) is 10.7. The summed E-state index contributed by atoms with van der Waals surface area (Å²) in [5.41, 5.74) is 2.59. The van der Waals surface area contributed by atoms with E-state index >= 15 is 0 Å². The van der Waals surface area contributed by atoms with E-state index in [1.807, 2.05) is 6.92 Å². The van der Waals surface area contributed by atoms with Crippen molar-refractivity contribution in [2.24, 2.45) is 4.99 Å². The van der Waals surface area contributed by atoms with E-state index in [0.717, 1.165) is 18.9 Å². The maximum atomic E-state index is 11.7. The Bertz CT molecular complexity index is 562. The van der Waals surface area contributed by atoms with Gasteiger partial charge in [0.25, 0.3) is 0 Å². The highest BCUT2D eigenvalue weighted by atomic mass is 16.2. The Labute approximate surface area is 152 Å². The summed E-state index contributed by atoms with van der Waals surface area (Å²) in [6.07, 6.45) is 1.51. The predicted octanol–water partition coefficient (Wildman–Crippen LogP) is 2.56. The summed E-state index contributed by atoms with van der Waals surface area (Å²) >= 11 is 0. The first-order valence-corrected chi connectivity index (χ1v) is 9.12. The molecule has 0 aliphatic heterocycles. The molecule has 0 aliphatic rings. The normalized spacial score (nSPS) is 12.0. The third-order valence-corrected chi connectivity index (χ3v) is 4.25. The minimum atomic E-state index is -0.0475. The van der Waals surface area contributed by atoms with Crippen molar-refractivity contribution < 1.29 is 4.79 Å². The number of aliphatic imine (C=N–C) groups is 1. The Morgan fingerprint density at radius 2 is 1.76 bits per heavy atom. The fraction of sp³-hybridized carbons (Fsp3) is 0.600. The monoisotopic (exact) mass is 346 g/mol. The van der Waals surface area contributed by atoms with Gasteiger partial charge in [-0.1, -0.05) is 45.0 Å². The van der Waals surface area contributed by atoms with Crippen molar-refractivity contribution in [1.29, 1.82) is 0 Å². The van der Waals surface area contributed by atoms with Gasteiger partial charge in [-0.05, 0) is 24.5 Å². The van der Waals surface area contributed by atoms with Gasteiger partial charge in [0.2, 0.25) is 5.91 Å². The third kappa shape index (κ3) is 7.16. The van der Waals surface area contributed by atoms with E-state index < -0.39 is 0 Å². The van der Waals surface area contributed by atoms with Gasteiger partial charge < -0.3 is 15.5 Å². The van der Waals surface area contributed by atoms with Crippen LogP contribution in [0.1, 0.15) is 45.2 Å². The van der Waals surface area contributed by atoms with Crippen molar-refractivity contribution in [2.75, 3.05) is 33.7 Å². The minimum Gasteiger partial charge on any atom is -0.357 e. The third-order valence-electron chi connectivity index (χ3n) is 4.25. The van der Waals surface area contributed by atoms with Crippen LogP contribution in [0, 0.1) is 0 Å². The van der Waals surface area contributed by atoms with Crippen molar-refractivity contribution in [1.82, 2.24) is 15.5 Å². The Kier molecular flexibility index (Phi) is 8.46. The molecule has 0 unspecified atom stereocenters. The Morgan fingerprint density at radius 1 is 1.12 bits per heavy atom.